The van der Waals surface area contributed by atoms with Crippen LogP contribution >= 0.6 is 15.9 Å². The molecule has 0 aliphatic heterocycles. The van der Waals surface area contributed by atoms with Crippen molar-refractivity contribution in [2.45, 2.75) is 25.8 Å². The predicted molar refractivity (Wildman–Crippen MR) is 78.1 cm³/mol. The SMILES string of the molecule is CC(CCc1ccco1)NC(=O)c1c(F)cccc1Br. The van der Waals surface area contributed by atoms with Gasteiger partial charge in [-0.15, -0.1) is 0 Å². The molecule has 3 nitrogen and oxygen atoms in total. The topological polar surface area (TPSA) is 42.2 Å². The molecule has 2 rings (SSSR count). The average Bonchev–Trinajstić information content (AvgIpc) is 2.89. The Labute approximate surface area is 125 Å². The first-order chi connectivity index (χ1) is 9.58. The van der Waals surface area contributed by atoms with Crippen LogP contribution in [-0.2, 0) is 6.42 Å². The summed E-state index contributed by atoms with van der Waals surface area (Å²) < 4.78 is 19.3. The van der Waals surface area contributed by atoms with Gasteiger partial charge in [-0.3, -0.25) is 4.79 Å². The molecular weight excluding hydrogens is 325 g/mol. The van der Waals surface area contributed by atoms with Crippen molar-refractivity contribution in [1.82, 2.24) is 5.32 Å². The molecule has 0 saturated carbocycles. The van der Waals surface area contributed by atoms with E-state index in [1.165, 1.54) is 6.07 Å². The largest absolute Gasteiger partial charge is 0.469 e. The van der Waals surface area contributed by atoms with Crippen molar-refractivity contribution >= 4 is 21.8 Å². The summed E-state index contributed by atoms with van der Waals surface area (Å²) in [5.74, 6) is -0.0739. The minimum absolute atomic E-state index is 0.0392. The standard InChI is InChI=1S/C15H15BrFNO2/c1-10(7-8-11-4-3-9-20-11)18-15(19)14-12(16)5-2-6-13(14)17/h2-6,9-10H,7-8H2,1H3,(H,18,19). The van der Waals surface area contributed by atoms with Gasteiger partial charge in [-0.25, -0.2) is 4.39 Å². The number of furan rings is 1. The molecule has 1 aromatic heterocycles. The van der Waals surface area contributed by atoms with Crippen molar-refractivity contribution in [3.63, 3.8) is 0 Å². The molecule has 0 radical (unpaired) electrons. The summed E-state index contributed by atoms with van der Waals surface area (Å²) in [6, 6.07) is 8.12. The Kier molecular flexibility index (Phi) is 4.95. The van der Waals surface area contributed by atoms with Crippen LogP contribution in [0.25, 0.3) is 0 Å². The highest BCUT2D eigenvalue weighted by molar-refractivity contribution is 9.10. The Morgan fingerprint density at radius 2 is 2.20 bits per heavy atom. The third-order valence-corrected chi connectivity index (χ3v) is 3.63. The van der Waals surface area contributed by atoms with Gasteiger partial charge in [-0.2, -0.15) is 0 Å². The quantitative estimate of drug-likeness (QED) is 0.896. The molecule has 2 aromatic rings. The lowest BCUT2D eigenvalue weighted by Crippen LogP contribution is -2.33. The summed E-state index contributed by atoms with van der Waals surface area (Å²) in [5, 5.41) is 2.79. The normalized spacial score (nSPS) is 12.2. The number of hydrogen-bond acceptors (Lipinski definition) is 2. The van der Waals surface area contributed by atoms with E-state index in [4.69, 9.17) is 4.42 Å². The Balaban J connectivity index is 1.93. The molecule has 0 fully saturated rings. The summed E-state index contributed by atoms with van der Waals surface area (Å²) in [7, 11) is 0. The van der Waals surface area contributed by atoms with Gasteiger partial charge in [-0.1, -0.05) is 6.07 Å². The third kappa shape index (κ3) is 3.70. The Morgan fingerprint density at radius 1 is 1.40 bits per heavy atom. The van der Waals surface area contributed by atoms with Gasteiger partial charge in [0.15, 0.2) is 0 Å². The zero-order valence-electron chi connectivity index (χ0n) is 11.0. The molecule has 5 heteroatoms. The predicted octanol–water partition coefficient (Wildman–Crippen LogP) is 3.93. The number of carbonyl (C=O) groups excluding carboxylic acids is 1. The molecule has 1 aromatic carbocycles. The number of halogens is 2. The van der Waals surface area contributed by atoms with E-state index in [1.807, 2.05) is 19.1 Å². The van der Waals surface area contributed by atoms with Gasteiger partial charge in [0.05, 0.1) is 11.8 Å². The van der Waals surface area contributed by atoms with Crippen LogP contribution in [0.4, 0.5) is 4.39 Å². The molecule has 1 atom stereocenters. The molecule has 0 aliphatic rings. The second-order valence-corrected chi connectivity index (χ2v) is 5.44. The number of hydrogen-bond donors (Lipinski definition) is 1. The average molecular weight is 340 g/mol. The van der Waals surface area contributed by atoms with Crippen LogP contribution in [0.1, 0.15) is 29.5 Å². The van der Waals surface area contributed by atoms with Crippen LogP contribution < -0.4 is 5.32 Å². The lowest BCUT2D eigenvalue weighted by atomic mass is 10.1. The molecule has 0 saturated heterocycles. The Morgan fingerprint density at radius 3 is 2.85 bits per heavy atom. The van der Waals surface area contributed by atoms with E-state index in [1.54, 1.807) is 18.4 Å². The maximum absolute atomic E-state index is 13.7. The van der Waals surface area contributed by atoms with Gasteiger partial charge < -0.3 is 9.73 Å². The number of benzene rings is 1. The van der Waals surface area contributed by atoms with Crippen molar-refractivity contribution in [2.24, 2.45) is 0 Å². The van der Waals surface area contributed by atoms with Crippen molar-refractivity contribution < 1.29 is 13.6 Å². The Bertz CT molecular complexity index is 563. The number of nitrogens with one attached hydrogen (secondary N) is 1. The fraction of sp³-hybridized carbons (Fsp3) is 0.267. The summed E-state index contributed by atoms with van der Waals surface area (Å²) >= 11 is 3.19. The van der Waals surface area contributed by atoms with Crippen LogP contribution in [0, 0.1) is 5.82 Å². The van der Waals surface area contributed by atoms with Gasteiger partial charge >= 0.3 is 0 Å². The molecule has 106 valence electrons. The minimum Gasteiger partial charge on any atom is -0.469 e. The smallest absolute Gasteiger partial charge is 0.255 e. The second kappa shape index (κ2) is 6.70. The lowest BCUT2D eigenvalue weighted by Gasteiger charge is -2.14. The molecule has 0 aliphatic carbocycles. The fourth-order valence-electron chi connectivity index (χ4n) is 1.90. The highest BCUT2D eigenvalue weighted by Crippen LogP contribution is 2.19. The van der Waals surface area contributed by atoms with E-state index in [-0.39, 0.29) is 11.6 Å². The molecule has 1 N–H and O–H groups in total. The van der Waals surface area contributed by atoms with Crippen LogP contribution in [0.5, 0.6) is 0 Å². The van der Waals surface area contributed by atoms with Crippen LogP contribution in [0.3, 0.4) is 0 Å². The fourth-order valence-corrected chi connectivity index (χ4v) is 2.42. The van der Waals surface area contributed by atoms with Crippen LogP contribution in [0.2, 0.25) is 0 Å². The first-order valence-corrected chi connectivity index (χ1v) is 7.14. The maximum atomic E-state index is 13.7. The van der Waals surface area contributed by atoms with Gasteiger partial charge in [0.2, 0.25) is 0 Å². The highest BCUT2D eigenvalue weighted by Gasteiger charge is 2.17. The van der Waals surface area contributed by atoms with Gasteiger partial charge in [0.1, 0.15) is 11.6 Å². The van der Waals surface area contributed by atoms with E-state index in [9.17, 15) is 9.18 Å². The summed E-state index contributed by atoms with van der Waals surface area (Å²) in [6.45, 7) is 1.88. The maximum Gasteiger partial charge on any atom is 0.255 e. The molecule has 1 heterocycles. The zero-order valence-corrected chi connectivity index (χ0v) is 12.6. The molecule has 0 spiro atoms. The zero-order chi connectivity index (χ0) is 14.5. The molecule has 20 heavy (non-hydrogen) atoms. The highest BCUT2D eigenvalue weighted by atomic mass is 79.9. The van der Waals surface area contributed by atoms with Gasteiger partial charge in [0, 0.05) is 16.9 Å². The minimum atomic E-state index is -0.532. The van der Waals surface area contributed by atoms with Crippen molar-refractivity contribution in [1.29, 1.82) is 0 Å². The molecule has 0 bridgehead atoms. The molecule has 1 unspecified atom stereocenters. The van der Waals surface area contributed by atoms with E-state index < -0.39 is 11.7 Å². The Hall–Kier alpha value is -1.62. The number of amides is 1. The summed E-state index contributed by atoms with van der Waals surface area (Å²) in [4.78, 5) is 12.1. The van der Waals surface area contributed by atoms with E-state index in [2.05, 4.69) is 21.2 Å². The van der Waals surface area contributed by atoms with Gasteiger partial charge in [-0.05, 0) is 53.5 Å². The van der Waals surface area contributed by atoms with E-state index in [0.717, 1.165) is 18.6 Å². The van der Waals surface area contributed by atoms with E-state index >= 15 is 0 Å². The van der Waals surface area contributed by atoms with E-state index in [0.29, 0.717) is 4.47 Å². The van der Waals surface area contributed by atoms with Crippen LogP contribution in [-0.4, -0.2) is 11.9 Å². The molecular formula is C15H15BrFNO2. The van der Waals surface area contributed by atoms with Crippen molar-refractivity contribution in [2.75, 3.05) is 0 Å². The summed E-state index contributed by atoms with van der Waals surface area (Å²) in [5.41, 5.74) is 0.0392. The second-order valence-electron chi connectivity index (χ2n) is 4.59. The van der Waals surface area contributed by atoms with Crippen LogP contribution in [0.15, 0.2) is 45.5 Å². The monoisotopic (exact) mass is 339 g/mol. The van der Waals surface area contributed by atoms with Gasteiger partial charge in [0.25, 0.3) is 5.91 Å². The number of rotatable bonds is 5. The first kappa shape index (κ1) is 14.8. The van der Waals surface area contributed by atoms with Crippen molar-refractivity contribution in [3.8, 4) is 0 Å². The number of carbonyl (C=O) groups is 1. The molecule has 1 amide bonds. The lowest BCUT2D eigenvalue weighted by molar-refractivity contribution is 0.0933. The number of aryl methyl sites for hydroxylation is 1. The summed E-state index contributed by atoms with van der Waals surface area (Å²) in [6.07, 6.45) is 3.08. The first-order valence-electron chi connectivity index (χ1n) is 6.35. The third-order valence-electron chi connectivity index (χ3n) is 2.97. The van der Waals surface area contributed by atoms with Crippen molar-refractivity contribution in [3.05, 3.63) is 58.2 Å².